The van der Waals surface area contributed by atoms with Crippen molar-refractivity contribution in [2.75, 3.05) is 26.2 Å². The number of fused-ring (bicyclic) bond motifs is 5. The molecule has 1 aliphatic rings. The minimum atomic E-state index is -1.28. The Balaban J connectivity index is 0. The fraction of sp³-hybridized carbons (Fsp3) is 0.484. The van der Waals surface area contributed by atoms with Gasteiger partial charge in [-0.05, 0) is 85.3 Å². The highest BCUT2D eigenvalue weighted by Gasteiger charge is 2.30. The molecule has 2 aromatic carbocycles. The second-order valence-electron chi connectivity index (χ2n) is 11.4. The van der Waals surface area contributed by atoms with Gasteiger partial charge in [0.1, 0.15) is 23.6 Å². The number of carbonyl (C=O) groups excluding carboxylic acids is 4. The number of aliphatic hydroxyl groups excluding tert-OH is 1. The molecular formula is C31H50Cl4N8O7. The van der Waals surface area contributed by atoms with Gasteiger partial charge in [0, 0.05) is 19.4 Å². The molecule has 0 spiro atoms. The van der Waals surface area contributed by atoms with Gasteiger partial charge in [-0.3, -0.25) is 19.2 Å². The highest BCUT2D eigenvalue weighted by atomic mass is 35.5. The summed E-state index contributed by atoms with van der Waals surface area (Å²) >= 11 is 0. The molecule has 0 saturated heterocycles. The van der Waals surface area contributed by atoms with Crippen LogP contribution in [-0.2, 0) is 32.0 Å². The summed E-state index contributed by atoms with van der Waals surface area (Å²) in [6.45, 7) is -0.0745. The van der Waals surface area contributed by atoms with E-state index in [0.29, 0.717) is 48.1 Å². The van der Waals surface area contributed by atoms with E-state index in [2.05, 4.69) is 21.3 Å². The number of nitrogens with one attached hydrogen (secondary N) is 4. The van der Waals surface area contributed by atoms with Gasteiger partial charge in [0.25, 0.3) is 0 Å². The van der Waals surface area contributed by atoms with E-state index < -0.39 is 60.4 Å². The van der Waals surface area contributed by atoms with Gasteiger partial charge in [0.2, 0.25) is 23.6 Å². The predicted molar refractivity (Wildman–Crippen MR) is 200 cm³/mol. The zero-order chi connectivity index (χ0) is 33.8. The van der Waals surface area contributed by atoms with E-state index in [-0.39, 0.29) is 93.5 Å². The normalized spacial score (nSPS) is 18.3. The molecule has 0 radical (unpaired) electrons. The fourth-order valence-corrected chi connectivity index (χ4v) is 5.04. The van der Waals surface area contributed by atoms with Crippen molar-refractivity contribution in [1.82, 2.24) is 21.3 Å². The molecule has 0 aromatic heterocycles. The number of benzene rings is 2. The minimum absolute atomic E-state index is 0. The summed E-state index contributed by atoms with van der Waals surface area (Å²) in [5.41, 5.74) is 25.2. The predicted octanol–water partition coefficient (Wildman–Crippen LogP) is -0.754. The van der Waals surface area contributed by atoms with Crippen molar-refractivity contribution in [2.45, 2.75) is 68.7 Å². The molecule has 1 heterocycles. The number of carbonyl (C=O) groups is 4. The van der Waals surface area contributed by atoms with Crippen LogP contribution in [0.25, 0.3) is 11.1 Å². The second kappa shape index (κ2) is 24.1. The summed E-state index contributed by atoms with van der Waals surface area (Å²) in [5, 5.41) is 41.7. The molecule has 3 rings (SSSR count). The SMILES string of the molecule is Cl.Cl.Cl.Cl.NCCC[C@@H]1NC(=O)[C@@H](N)Cc2cc(ccc2O)-c2ccc(O)c(c2)C[C@@H](C(=O)N[C@H](CO)CNC(=O)[C@@H](N)CCCN)NC1=O. The van der Waals surface area contributed by atoms with Crippen LogP contribution in [-0.4, -0.2) is 95.4 Å². The average molecular weight is 789 g/mol. The molecule has 284 valence electrons. The van der Waals surface area contributed by atoms with E-state index in [1.165, 1.54) is 12.1 Å². The maximum atomic E-state index is 13.6. The number of aromatic hydroxyl groups is 2. The van der Waals surface area contributed by atoms with Crippen molar-refractivity contribution in [3.63, 3.8) is 0 Å². The Kier molecular flexibility index (Phi) is 23.6. The Morgan fingerprint density at radius 2 is 1.42 bits per heavy atom. The number of amides is 4. The summed E-state index contributed by atoms with van der Waals surface area (Å²) < 4.78 is 0. The zero-order valence-corrected chi connectivity index (χ0v) is 30.6. The van der Waals surface area contributed by atoms with Crippen molar-refractivity contribution in [3.05, 3.63) is 47.5 Å². The summed E-state index contributed by atoms with van der Waals surface area (Å²) in [4.78, 5) is 52.6. The van der Waals surface area contributed by atoms with Gasteiger partial charge in [0.15, 0.2) is 0 Å². The van der Waals surface area contributed by atoms with E-state index in [4.69, 9.17) is 22.9 Å². The van der Waals surface area contributed by atoms with Crippen molar-refractivity contribution >= 4 is 73.3 Å². The van der Waals surface area contributed by atoms with Crippen LogP contribution in [0.5, 0.6) is 11.5 Å². The van der Waals surface area contributed by atoms with E-state index >= 15 is 0 Å². The maximum absolute atomic E-state index is 13.6. The molecule has 50 heavy (non-hydrogen) atoms. The molecule has 0 saturated carbocycles. The number of phenols is 2. The third-order valence-electron chi connectivity index (χ3n) is 7.80. The summed E-state index contributed by atoms with van der Waals surface area (Å²) in [5.74, 6) is -2.71. The van der Waals surface area contributed by atoms with Gasteiger partial charge in [-0.2, -0.15) is 0 Å². The molecule has 4 amide bonds. The maximum Gasteiger partial charge on any atom is 0.243 e. The fourth-order valence-electron chi connectivity index (χ4n) is 5.04. The van der Waals surface area contributed by atoms with Gasteiger partial charge in [-0.1, -0.05) is 12.1 Å². The minimum Gasteiger partial charge on any atom is -0.508 e. The highest BCUT2D eigenvalue weighted by Crippen LogP contribution is 2.31. The first kappa shape index (κ1) is 49.0. The first-order valence-electron chi connectivity index (χ1n) is 15.3. The van der Waals surface area contributed by atoms with Gasteiger partial charge >= 0.3 is 0 Å². The molecule has 0 aliphatic carbocycles. The average Bonchev–Trinajstić information content (AvgIpc) is 3.04. The molecule has 1 aliphatic heterocycles. The lowest BCUT2D eigenvalue weighted by Gasteiger charge is -2.26. The molecule has 0 fully saturated rings. The molecule has 15 N–H and O–H groups in total. The molecule has 19 heteroatoms. The van der Waals surface area contributed by atoms with Crippen LogP contribution in [0.15, 0.2) is 36.4 Å². The largest absolute Gasteiger partial charge is 0.508 e. The number of nitrogens with two attached hydrogens (primary N) is 4. The lowest BCUT2D eigenvalue weighted by molar-refractivity contribution is -0.133. The van der Waals surface area contributed by atoms with E-state index in [9.17, 15) is 34.5 Å². The number of aliphatic hydroxyl groups is 1. The number of halogens is 4. The Labute approximate surface area is 316 Å². The number of hydrogen-bond acceptors (Lipinski definition) is 11. The third-order valence-corrected chi connectivity index (χ3v) is 7.80. The quantitative estimate of drug-likeness (QED) is 0.127. The van der Waals surface area contributed by atoms with Crippen LogP contribution in [0.3, 0.4) is 0 Å². The second-order valence-corrected chi connectivity index (χ2v) is 11.4. The van der Waals surface area contributed by atoms with Crippen molar-refractivity contribution in [2.24, 2.45) is 22.9 Å². The van der Waals surface area contributed by atoms with Crippen LogP contribution in [0.2, 0.25) is 0 Å². The summed E-state index contributed by atoms with van der Waals surface area (Å²) in [7, 11) is 0. The Morgan fingerprint density at radius 3 is 1.96 bits per heavy atom. The Hall–Kier alpha value is -3.12. The van der Waals surface area contributed by atoms with E-state index in [1.807, 2.05) is 0 Å². The monoisotopic (exact) mass is 786 g/mol. The van der Waals surface area contributed by atoms with Crippen LogP contribution >= 0.6 is 49.6 Å². The molecule has 4 bridgehead atoms. The standard InChI is InChI=1S/C31H46N8O7.4ClH/c32-9-1-3-22(34)28(43)36-15-21(16-40)37-31(46)25-14-20-12-18(6-8-27(20)42)17-5-7-26(41)19(11-17)13-23(35)29(44)38-24(4-2-10-33)30(45)39-25;;;;/h5-8,11-12,21-25,40-42H,1-4,9-10,13-16,32-35H2,(H,36,43)(H,37,46)(H,38,44)(H,39,45);4*1H/t21-,22-,23-,24-,25-;;;;/m0..../s1. The summed E-state index contributed by atoms with van der Waals surface area (Å²) in [6, 6.07) is 4.33. The first-order valence-corrected chi connectivity index (χ1v) is 15.3. The Bertz CT molecular complexity index is 1390. The van der Waals surface area contributed by atoms with E-state index in [0.717, 1.165) is 0 Å². The lowest BCUT2D eigenvalue weighted by atomic mass is 9.95. The molecule has 2 aromatic rings. The lowest BCUT2D eigenvalue weighted by Crippen LogP contribution is -2.58. The topological polar surface area (TPSA) is 281 Å². The smallest absolute Gasteiger partial charge is 0.243 e. The Morgan fingerprint density at radius 1 is 0.860 bits per heavy atom. The highest BCUT2D eigenvalue weighted by molar-refractivity contribution is 5.93. The number of rotatable bonds is 12. The van der Waals surface area contributed by atoms with Gasteiger partial charge in [0.05, 0.1) is 24.7 Å². The van der Waals surface area contributed by atoms with Gasteiger partial charge < -0.3 is 59.5 Å². The van der Waals surface area contributed by atoms with Crippen LogP contribution in [0.4, 0.5) is 0 Å². The number of phenolic OH excluding ortho intramolecular Hbond substituents is 2. The first-order chi connectivity index (χ1) is 22.0. The van der Waals surface area contributed by atoms with Gasteiger partial charge in [-0.15, -0.1) is 49.6 Å². The molecule has 0 unspecified atom stereocenters. The molecule has 15 nitrogen and oxygen atoms in total. The van der Waals surface area contributed by atoms with Crippen molar-refractivity contribution in [3.8, 4) is 22.6 Å². The van der Waals surface area contributed by atoms with Crippen LogP contribution < -0.4 is 44.2 Å². The molecule has 5 atom stereocenters. The third kappa shape index (κ3) is 14.2. The van der Waals surface area contributed by atoms with Crippen molar-refractivity contribution in [1.29, 1.82) is 0 Å². The van der Waals surface area contributed by atoms with E-state index in [1.54, 1.807) is 24.3 Å². The number of hydrogen-bond donors (Lipinski definition) is 11. The molecular weight excluding hydrogens is 738 g/mol. The van der Waals surface area contributed by atoms with Gasteiger partial charge in [-0.25, -0.2) is 0 Å². The summed E-state index contributed by atoms with van der Waals surface area (Å²) in [6.07, 6.45) is 1.24. The van der Waals surface area contributed by atoms with Crippen molar-refractivity contribution < 1.29 is 34.5 Å². The zero-order valence-electron chi connectivity index (χ0n) is 27.3. The van der Waals surface area contributed by atoms with Crippen LogP contribution in [0, 0.1) is 0 Å². The van der Waals surface area contributed by atoms with Crippen LogP contribution in [0.1, 0.15) is 36.8 Å².